The summed E-state index contributed by atoms with van der Waals surface area (Å²) in [6.07, 6.45) is 0. The second kappa shape index (κ2) is 4.27. The number of hydrogen-bond acceptors (Lipinski definition) is 3. The van der Waals surface area contributed by atoms with Crippen molar-refractivity contribution in [3.8, 4) is 0 Å². The summed E-state index contributed by atoms with van der Waals surface area (Å²) in [5.74, 6) is 0.564. The number of rotatable bonds is 2. The summed E-state index contributed by atoms with van der Waals surface area (Å²) in [6.45, 7) is 6.83. The highest BCUT2D eigenvalue weighted by Gasteiger charge is 2.19. The minimum atomic E-state index is -1.33. The number of methoxy groups -OCH3 is 1. The fourth-order valence-electron chi connectivity index (χ4n) is 1.06. The van der Waals surface area contributed by atoms with Gasteiger partial charge in [0.2, 0.25) is 5.90 Å². The first-order chi connectivity index (χ1) is 6.90. The predicted molar refractivity (Wildman–Crippen MR) is 66.8 cm³/mol. The van der Waals surface area contributed by atoms with Crippen LogP contribution in [-0.2, 0) is 4.74 Å². The first-order valence-electron chi connectivity index (χ1n) is 5.02. The van der Waals surface area contributed by atoms with Crippen molar-refractivity contribution in [3.05, 3.63) is 17.0 Å². The molecule has 0 bridgehead atoms. The first-order valence-corrected chi connectivity index (χ1v) is 8.84. The van der Waals surface area contributed by atoms with Crippen LogP contribution in [0.4, 0.5) is 0 Å². The SMILES string of the molecule is [2H]c1cc([Si](C)(C)C)sc1C(=NC)OC. The van der Waals surface area contributed by atoms with Gasteiger partial charge in [-0.15, -0.1) is 11.3 Å². The quantitative estimate of drug-likeness (QED) is 0.432. The molecule has 0 N–H and O–H groups in total. The lowest BCUT2D eigenvalue weighted by Crippen LogP contribution is -2.34. The number of nitrogens with zero attached hydrogens (tertiary/aromatic N) is 1. The summed E-state index contributed by atoms with van der Waals surface area (Å²) >= 11 is 1.64. The van der Waals surface area contributed by atoms with E-state index in [1.54, 1.807) is 25.5 Å². The second-order valence-corrected chi connectivity index (χ2v) is 10.5. The number of thiophene rings is 1. The van der Waals surface area contributed by atoms with Crippen LogP contribution < -0.4 is 4.50 Å². The standard InChI is InChI=1S/C10H17NOSSi/c1-11-10(12-2)8-6-7-9(13-8)14(3,4)5/h6-7H,1-5H3/i6D. The molecule has 14 heavy (non-hydrogen) atoms. The third kappa shape index (κ3) is 2.45. The average Bonchev–Trinajstić information content (AvgIpc) is 2.50. The van der Waals surface area contributed by atoms with E-state index in [1.165, 1.54) is 4.50 Å². The van der Waals surface area contributed by atoms with Crippen LogP contribution in [0.5, 0.6) is 0 Å². The summed E-state index contributed by atoms with van der Waals surface area (Å²) in [6, 6.07) is 2.48. The van der Waals surface area contributed by atoms with E-state index in [4.69, 9.17) is 6.11 Å². The molecular formula is C10H17NOSSi. The Morgan fingerprint density at radius 2 is 2.21 bits per heavy atom. The third-order valence-electron chi connectivity index (χ3n) is 1.88. The average molecular weight is 228 g/mol. The Kier molecular flexibility index (Phi) is 3.03. The van der Waals surface area contributed by atoms with E-state index < -0.39 is 8.07 Å². The minimum absolute atomic E-state index is 0.528. The van der Waals surface area contributed by atoms with Crippen LogP contribution in [0.15, 0.2) is 17.1 Å². The molecule has 0 radical (unpaired) electrons. The molecule has 0 atom stereocenters. The minimum Gasteiger partial charge on any atom is -0.480 e. The Morgan fingerprint density at radius 3 is 2.57 bits per heavy atom. The fourth-order valence-corrected chi connectivity index (χ4v) is 3.81. The molecule has 0 saturated heterocycles. The molecule has 78 valence electrons. The van der Waals surface area contributed by atoms with Gasteiger partial charge < -0.3 is 4.74 Å². The van der Waals surface area contributed by atoms with Crippen LogP contribution in [0.1, 0.15) is 6.25 Å². The van der Waals surface area contributed by atoms with Gasteiger partial charge in [-0.25, -0.2) is 0 Å². The van der Waals surface area contributed by atoms with Crippen LogP contribution in [0.25, 0.3) is 0 Å². The zero-order valence-corrected chi connectivity index (χ0v) is 11.2. The highest BCUT2D eigenvalue weighted by atomic mass is 32.1. The van der Waals surface area contributed by atoms with Gasteiger partial charge in [0.1, 0.15) is 0 Å². The zero-order chi connectivity index (χ0) is 11.6. The van der Waals surface area contributed by atoms with Crippen LogP contribution in [0.3, 0.4) is 0 Å². The van der Waals surface area contributed by atoms with E-state index in [0.29, 0.717) is 11.9 Å². The molecule has 0 amide bonds. The van der Waals surface area contributed by atoms with Crippen molar-refractivity contribution < 1.29 is 6.11 Å². The maximum absolute atomic E-state index is 7.88. The van der Waals surface area contributed by atoms with Crippen LogP contribution in [-0.4, -0.2) is 28.1 Å². The van der Waals surface area contributed by atoms with Gasteiger partial charge >= 0.3 is 0 Å². The monoisotopic (exact) mass is 228 g/mol. The first kappa shape index (κ1) is 9.92. The lowest BCUT2D eigenvalue weighted by Gasteiger charge is -2.12. The van der Waals surface area contributed by atoms with Crippen molar-refractivity contribution in [2.75, 3.05) is 14.2 Å². The molecule has 1 heterocycles. The van der Waals surface area contributed by atoms with Crippen molar-refractivity contribution in [2.45, 2.75) is 19.6 Å². The maximum Gasteiger partial charge on any atom is 0.225 e. The van der Waals surface area contributed by atoms with Gasteiger partial charge in [-0.05, 0) is 10.5 Å². The van der Waals surface area contributed by atoms with Gasteiger partial charge in [-0.3, -0.25) is 4.99 Å². The molecule has 0 aliphatic carbocycles. The molecule has 0 unspecified atom stereocenters. The number of hydrogen-bond donors (Lipinski definition) is 0. The van der Waals surface area contributed by atoms with Crippen molar-refractivity contribution in [2.24, 2.45) is 4.99 Å². The Hall–Kier alpha value is -0.613. The number of ether oxygens (including phenoxy) is 1. The Labute approximate surface area is 92.1 Å². The maximum atomic E-state index is 7.88. The van der Waals surface area contributed by atoms with E-state index in [-0.39, 0.29) is 0 Å². The second-order valence-electron chi connectivity index (χ2n) is 4.07. The molecule has 0 aromatic carbocycles. The van der Waals surface area contributed by atoms with Crippen molar-refractivity contribution >= 4 is 29.8 Å². The van der Waals surface area contributed by atoms with Crippen molar-refractivity contribution in [1.82, 2.24) is 0 Å². The lowest BCUT2D eigenvalue weighted by molar-refractivity contribution is 0.405. The fraction of sp³-hybridized carbons (Fsp3) is 0.500. The van der Waals surface area contributed by atoms with Crippen LogP contribution >= 0.6 is 11.3 Å². The van der Waals surface area contributed by atoms with Gasteiger partial charge in [0, 0.05) is 7.05 Å². The van der Waals surface area contributed by atoms with Crippen LogP contribution in [0, 0.1) is 0 Å². The molecule has 0 aliphatic rings. The van der Waals surface area contributed by atoms with E-state index >= 15 is 0 Å². The van der Waals surface area contributed by atoms with E-state index in [1.807, 2.05) is 6.07 Å². The summed E-state index contributed by atoms with van der Waals surface area (Å²) < 4.78 is 14.3. The van der Waals surface area contributed by atoms with E-state index in [9.17, 15) is 0 Å². The Morgan fingerprint density at radius 1 is 1.57 bits per heavy atom. The van der Waals surface area contributed by atoms with E-state index in [0.717, 1.165) is 4.88 Å². The van der Waals surface area contributed by atoms with Crippen molar-refractivity contribution in [1.29, 1.82) is 0 Å². The molecule has 1 aromatic heterocycles. The molecule has 0 aliphatic heterocycles. The normalized spacial score (nSPS) is 14.1. The highest BCUT2D eigenvalue weighted by molar-refractivity contribution is 7.27. The summed E-state index contributed by atoms with van der Waals surface area (Å²) in [5.41, 5.74) is 0. The molecular weight excluding hydrogens is 210 g/mol. The molecule has 0 spiro atoms. The Bertz CT molecular complexity index is 381. The smallest absolute Gasteiger partial charge is 0.225 e. The molecule has 2 nitrogen and oxygen atoms in total. The summed E-state index contributed by atoms with van der Waals surface area (Å²) in [4.78, 5) is 4.88. The number of aliphatic imine (C=N–C) groups is 1. The zero-order valence-electron chi connectivity index (χ0n) is 10.3. The molecule has 4 heteroatoms. The van der Waals surface area contributed by atoms with Gasteiger partial charge in [-0.1, -0.05) is 25.7 Å². The summed E-state index contributed by atoms with van der Waals surface area (Å²) in [5, 5.41) is 0. The third-order valence-corrected chi connectivity index (χ3v) is 6.48. The molecule has 1 rings (SSSR count). The van der Waals surface area contributed by atoms with Crippen LogP contribution in [0.2, 0.25) is 19.6 Å². The predicted octanol–water partition coefficient (Wildman–Crippen LogP) is 2.32. The van der Waals surface area contributed by atoms with Gasteiger partial charge in [0.05, 0.1) is 21.4 Å². The van der Waals surface area contributed by atoms with Crippen molar-refractivity contribution in [3.63, 3.8) is 0 Å². The van der Waals surface area contributed by atoms with Gasteiger partial charge in [0.25, 0.3) is 0 Å². The van der Waals surface area contributed by atoms with Gasteiger partial charge in [0.15, 0.2) is 0 Å². The highest BCUT2D eigenvalue weighted by Crippen LogP contribution is 2.14. The Balaban J connectivity index is 3.18. The molecule has 0 saturated carbocycles. The molecule has 1 aromatic rings. The lowest BCUT2D eigenvalue weighted by atomic mass is 10.5. The topological polar surface area (TPSA) is 21.6 Å². The largest absolute Gasteiger partial charge is 0.480 e. The van der Waals surface area contributed by atoms with E-state index in [2.05, 4.69) is 24.6 Å². The summed E-state index contributed by atoms with van der Waals surface area (Å²) in [7, 11) is 1.95. The molecule has 0 fully saturated rings. The van der Waals surface area contributed by atoms with Gasteiger partial charge in [-0.2, -0.15) is 0 Å².